The third-order valence-electron chi connectivity index (χ3n) is 3.64. The maximum atomic E-state index is 11.8. The molecule has 0 radical (unpaired) electrons. The first kappa shape index (κ1) is 18.7. The summed E-state index contributed by atoms with van der Waals surface area (Å²) in [6.07, 6.45) is 1.62. The number of rotatable bonds is 8. The van der Waals surface area contributed by atoms with Crippen molar-refractivity contribution in [2.24, 2.45) is 5.10 Å². The monoisotopic (exact) mass is 376 g/mol. The molecule has 0 unspecified atom stereocenters. The maximum Gasteiger partial charge on any atom is 0.250 e. The van der Waals surface area contributed by atoms with Crippen molar-refractivity contribution >= 4 is 23.9 Å². The summed E-state index contributed by atoms with van der Waals surface area (Å²) < 4.78 is 5.75. The van der Waals surface area contributed by atoms with E-state index in [0.717, 1.165) is 21.8 Å². The van der Waals surface area contributed by atoms with Gasteiger partial charge in [0.25, 0.3) is 0 Å². The van der Waals surface area contributed by atoms with Crippen molar-refractivity contribution in [2.75, 3.05) is 5.75 Å². The second-order valence-electron chi connectivity index (χ2n) is 5.74. The minimum Gasteiger partial charge on any atom is -0.489 e. The molecule has 5 heteroatoms. The molecule has 1 N–H and O–H groups in total. The summed E-state index contributed by atoms with van der Waals surface area (Å²) in [5.41, 5.74) is 4.55. The highest BCUT2D eigenvalue weighted by Crippen LogP contribution is 2.16. The quantitative estimate of drug-likeness (QED) is 0.358. The molecule has 1 amide bonds. The van der Waals surface area contributed by atoms with E-state index < -0.39 is 0 Å². The van der Waals surface area contributed by atoms with Gasteiger partial charge in [-0.05, 0) is 47.5 Å². The van der Waals surface area contributed by atoms with E-state index in [-0.39, 0.29) is 5.91 Å². The summed E-state index contributed by atoms with van der Waals surface area (Å²) in [4.78, 5) is 12.9. The van der Waals surface area contributed by atoms with E-state index in [1.54, 1.807) is 6.21 Å². The summed E-state index contributed by atoms with van der Waals surface area (Å²) in [7, 11) is 0. The molecule has 3 aromatic carbocycles. The predicted molar refractivity (Wildman–Crippen MR) is 110 cm³/mol. The number of hydrogen-bond acceptors (Lipinski definition) is 4. The van der Waals surface area contributed by atoms with Crippen molar-refractivity contribution in [2.45, 2.75) is 11.5 Å². The molecule has 3 rings (SSSR count). The smallest absolute Gasteiger partial charge is 0.250 e. The highest BCUT2D eigenvalue weighted by molar-refractivity contribution is 8.00. The molecule has 0 aliphatic carbocycles. The molecular weight excluding hydrogens is 356 g/mol. The van der Waals surface area contributed by atoms with Gasteiger partial charge in [0.1, 0.15) is 12.4 Å². The van der Waals surface area contributed by atoms with E-state index >= 15 is 0 Å². The largest absolute Gasteiger partial charge is 0.489 e. The maximum absolute atomic E-state index is 11.8. The molecule has 27 heavy (non-hydrogen) atoms. The van der Waals surface area contributed by atoms with Crippen LogP contribution in [0.1, 0.15) is 11.1 Å². The van der Waals surface area contributed by atoms with E-state index in [9.17, 15) is 4.79 Å². The Bertz CT molecular complexity index is 866. The van der Waals surface area contributed by atoms with E-state index in [1.807, 2.05) is 84.9 Å². The third kappa shape index (κ3) is 6.64. The van der Waals surface area contributed by atoms with Crippen LogP contribution in [0.15, 0.2) is 94.9 Å². The van der Waals surface area contributed by atoms with Crippen LogP contribution >= 0.6 is 11.8 Å². The van der Waals surface area contributed by atoms with Gasteiger partial charge in [-0.1, -0.05) is 48.5 Å². The second-order valence-corrected chi connectivity index (χ2v) is 6.79. The lowest BCUT2D eigenvalue weighted by Gasteiger charge is -2.06. The highest BCUT2D eigenvalue weighted by atomic mass is 32.2. The molecule has 0 fully saturated rings. The minimum absolute atomic E-state index is 0.136. The van der Waals surface area contributed by atoms with Gasteiger partial charge in [0, 0.05) is 4.90 Å². The van der Waals surface area contributed by atoms with Gasteiger partial charge >= 0.3 is 0 Å². The van der Waals surface area contributed by atoms with Crippen molar-refractivity contribution in [1.82, 2.24) is 5.43 Å². The van der Waals surface area contributed by atoms with Gasteiger partial charge in [-0.2, -0.15) is 5.10 Å². The standard InChI is InChI=1S/C22H20N2O2S/c25-22(17-27-21-9-5-2-6-10-21)24-23-15-18-11-13-20(14-12-18)26-16-19-7-3-1-4-8-19/h1-15H,16-17H2,(H,24,25)/b23-15-. The molecular formula is C22H20N2O2S. The lowest BCUT2D eigenvalue weighted by Crippen LogP contribution is -2.19. The topological polar surface area (TPSA) is 50.7 Å². The Morgan fingerprint density at radius 3 is 2.30 bits per heavy atom. The van der Waals surface area contributed by atoms with Crippen LogP contribution in [0.5, 0.6) is 5.75 Å². The Kier molecular flexibility index (Phi) is 7.07. The fraction of sp³-hybridized carbons (Fsp3) is 0.0909. The molecule has 0 atom stereocenters. The average Bonchev–Trinajstić information content (AvgIpc) is 2.73. The third-order valence-corrected chi connectivity index (χ3v) is 4.66. The lowest BCUT2D eigenvalue weighted by molar-refractivity contribution is -0.118. The van der Waals surface area contributed by atoms with Gasteiger partial charge in [0.2, 0.25) is 5.91 Å². The van der Waals surface area contributed by atoms with Crippen molar-refractivity contribution in [3.05, 3.63) is 96.1 Å². The van der Waals surface area contributed by atoms with E-state index in [1.165, 1.54) is 11.8 Å². The summed E-state index contributed by atoms with van der Waals surface area (Å²) in [6.45, 7) is 0.531. The predicted octanol–water partition coefficient (Wildman–Crippen LogP) is 4.51. The SMILES string of the molecule is O=C(CSc1ccccc1)N/N=C\c1ccc(OCc2ccccc2)cc1. The first-order chi connectivity index (χ1) is 13.3. The van der Waals surface area contributed by atoms with Crippen molar-refractivity contribution in [1.29, 1.82) is 0 Å². The molecule has 136 valence electrons. The molecule has 0 heterocycles. The molecule has 0 bridgehead atoms. The van der Waals surface area contributed by atoms with Crippen LogP contribution in [0.4, 0.5) is 0 Å². The number of hydrazone groups is 1. The van der Waals surface area contributed by atoms with Gasteiger partial charge < -0.3 is 4.74 Å². The summed E-state index contributed by atoms with van der Waals surface area (Å²) in [6, 6.07) is 27.4. The first-order valence-electron chi connectivity index (χ1n) is 8.56. The van der Waals surface area contributed by atoms with E-state index in [0.29, 0.717) is 12.4 Å². The normalized spacial score (nSPS) is 10.7. The van der Waals surface area contributed by atoms with E-state index in [2.05, 4.69) is 10.5 Å². The lowest BCUT2D eigenvalue weighted by atomic mass is 10.2. The van der Waals surface area contributed by atoms with Gasteiger partial charge in [-0.25, -0.2) is 5.43 Å². The summed E-state index contributed by atoms with van der Waals surface area (Å²) in [5, 5.41) is 4.00. The fourth-order valence-corrected chi connectivity index (χ4v) is 2.98. The highest BCUT2D eigenvalue weighted by Gasteiger charge is 2.01. The number of hydrogen-bond donors (Lipinski definition) is 1. The van der Waals surface area contributed by atoms with Gasteiger partial charge in [0.15, 0.2) is 0 Å². The molecule has 3 aromatic rings. The van der Waals surface area contributed by atoms with Gasteiger partial charge in [0.05, 0.1) is 12.0 Å². The molecule has 0 saturated carbocycles. The molecule has 0 aliphatic heterocycles. The van der Waals surface area contributed by atoms with Crippen molar-refractivity contribution in [3.63, 3.8) is 0 Å². The fourth-order valence-electron chi connectivity index (χ4n) is 2.27. The van der Waals surface area contributed by atoms with Crippen LogP contribution in [0.25, 0.3) is 0 Å². The number of thioether (sulfide) groups is 1. The minimum atomic E-state index is -0.136. The summed E-state index contributed by atoms with van der Waals surface area (Å²) >= 11 is 1.48. The average molecular weight is 376 g/mol. The zero-order valence-corrected chi connectivity index (χ0v) is 15.6. The Hall–Kier alpha value is -3.05. The van der Waals surface area contributed by atoms with Crippen LogP contribution in [-0.4, -0.2) is 17.9 Å². The Morgan fingerprint density at radius 1 is 0.926 bits per heavy atom. The molecule has 0 saturated heterocycles. The number of nitrogens with zero attached hydrogens (tertiary/aromatic N) is 1. The molecule has 0 aromatic heterocycles. The molecule has 0 aliphatic rings. The molecule has 0 spiro atoms. The molecule has 4 nitrogen and oxygen atoms in total. The Labute approximate surface area is 163 Å². The Balaban J connectivity index is 1.41. The van der Waals surface area contributed by atoms with Crippen LogP contribution in [-0.2, 0) is 11.4 Å². The number of ether oxygens (including phenoxy) is 1. The van der Waals surface area contributed by atoms with Crippen molar-refractivity contribution in [3.8, 4) is 5.75 Å². The number of benzene rings is 3. The number of nitrogens with one attached hydrogen (secondary N) is 1. The van der Waals surface area contributed by atoms with Crippen LogP contribution in [0.2, 0.25) is 0 Å². The van der Waals surface area contributed by atoms with Crippen LogP contribution in [0, 0.1) is 0 Å². The van der Waals surface area contributed by atoms with Crippen molar-refractivity contribution < 1.29 is 9.53 Å². The number of carbonyl (C=O) groups excluding carboxylic acids is 1. The van der Waals surface area contributed by atoms with E-state index in [4.69, 9.17) is 4.74 Å². The Morgan fingerprint density at radius 2 is 1.59 bits per heavy atom. The van der Waals surface area contributed by atoms with Crippen LogP contribution < -0.4 is 10.2 Å². The number of amides is 1. The second kappa shape index (κ2) is 10.2. The summed E-state index contributed by atoms with van der Waals surface area (Å²) in [5.74, 6) is 0.982. The first-order valence-corrected chi connectivity index (χ1v) is 9.55. The number of carbonyl (C=O) groups is 1. The van der Waals surface area contributed by atoms with Crippen LogP contribution in [0.3, 0.4) is 0 Å². The van der Waals surface area contributed by atoms with Gasteiger partial charge in [-0.15, -0.1) is 11.8 Å². The zero-order valence-electron chi connectivity index (χ0n) is 14.7. The van der Waals surface area contributed by atoms with Gasteiger partial charge in [-0.3, -0.25) is 4.79 Å². The zero-order chi connectivity index (χ0) is 18.7.